The van der Waals surface area contributed by atoms with Crippen LogP contribution in [0.2, 0.25) is 0 Å². The number of hydrogen-bond donors (Lipinski definition) is 1. The van der Waals surface area contributed by atoms with Crippen LogP contribution < -0.4 is 9.47 Å². The van der Waals surface area contributed by atoms with Crippen molar-refractivity contribution in [1.82, 2.24) is 15.0 Å². The number of nitrogens with zero attached hydrogens (tertiary/aromatic N) is 4. The average molecular weight is 448 g/mol. The Labute approximate surface area is 190 Å². The van der Waals surface area contributed by atoms with E-state index in [9.17, 15) is 9.59 Å². The van der Waals surface area contributed by atoms with E-state index in [1.54, 1.807) is 32.7 Å². The van der Waals surface area contributed by atoms with E-state index < -0.39 is 5.97 Å². The third-order valence-corrected chi connectivity index (χ3v) is 5.54. The third-order valence-electron chi connectivity index (χ3n) is 5.54. The lowest BCUT2D eigenvalue weighted by Crippen LogP contribution is -2.27. The monoisotopic (exact) mass is 448 g/mol. The van der Waals surface area contributed by atoms with Crippen LogP contribution in [-0.4, -0.2) is 51.9 Å². The zero-order valence-corrected chi connectivity index (χ0v) is 18.4. The van der Waals surface area contributed by atoms with Gasteiger partial charge in [0.15, 0.2) is 11.5 Å². The minimum absolute atomic E-state index is 0.0674. The van der Waals surface area contributed by atoms with Gasteiger partial charge in [-0.05, 0) is 42.3 Å². The van der Waals surface area contributed by atoms with Gasteiger partial charge in [0, 0.05) is 37.2 Å². The van der Waals surface area contributed by atoms with Gasteiger partial charge in [-0.3, -0.25) is 19.6 Å². The molecular formula is C24H24N4O5. The lowest BCUT2D eigenvalue weighted by atomic mass is 9.97. The molecule has 9 heteroatoms. The molecule has 0 radical (unpaired) electrons. The average Bonchev–Trinajstić information content (AvgIpc) is 3.28. The van der Waals surface area contributed by atoms with Crippen LogP contribution in [0.4, 0.5) is 0 Å². The molecule has 1 N–H and O–H groups in total. The number of carbonyl (C=O) groups is 2. The molecule has 0 unspecified atom stereocenters. The first kappa shape index (κ1) is 22.2. The van der Waals surface area contributed by atoms with Gasteiger partial charge in [-0.25, -0.2) is 5.01 Å². The van der Waals surface area contributed by atoms with Crippen LogP contribution in [0.25, 0.3) is 11.0 Å². The van der Waals surface area contributed by atoms with E-state index in [2.05, 4.69) is 15.1 Å². The number of hydrogen-bond acceptors (Lipinski definition) is 7. The van der Waals surface area contributed by atoms with E-state index in [-0.39, 0.29) is 31.2 Å². The van der Waals surface area contributed by atoms with Crippen molar-refractivity contribution in [3.63, 3.8) is 0 Å². The molecule has 0 saturated carbocycles. The minimum Gasteiger partial charge on any atom is -0.493 e. The molecule has 33 heavy (non-hydrogen) atoms. The Bertz CT molecular complexity index is 1230. The Hall–Kier alpha value is -4.01. The van der Waals surface area contributed by atoms with E-state index in [1.807, 2.05) is 30.3 Å². The fourth-order valence-electron chi connectivity index (χ4n) is 3.88. The summed E-state index contributed by atoms with van der Waals surface area (Å²) in [5.41, 5.74) is 3.92. The van der Waals surface area contributed by atoms with Crippen LogP contribution in [-0.2, 0) is 9.59 Å². The first-order chi connectivity index (χ1) is 16.0. The van der Waals surface area contributed by atoms with Crippen LogP contribution in [0.1, 0.15) is 42.9 Å². The van der Waals surface area contributed by atoms with Crippen molar-refractivity contribution in [3.05, 3.63) is 59.9 Å². The molecule has 3 aromatic rings. The number of carboxylic acid groups (broad SMARTS) is 1. The fraction of sp³-hybridized carbons (Fsp3) is 0.292. The van der Waals surface area contributed by atoms with Crippen LogP contribution >= 0.6 is 0 Å². The normalized spacial score (nSPS) is 15.4. The number of amides is 1. The molecule has 1 aromatic heterocycles. The smallest absolute Gasteiger partial charge is 0.303 e. The molecule has 0 aliphatic carbocycles. The number of fused-ring (bicyclic) bond motifs is 1. The molecule has 170 valence electrons. The summed E-state index contributed by atoms with van der Waals surface area (Å²) in [6.07, 6.45) is 4.03. The van der Waals surface area contributed by atoms with Crippen LogP contribution in [0, 0.1) is 0 Å². The molecule has 0 spiro atoms. The van der Waals surface area contributed by atoms with Crippen molar-refractivity contribution in [2.24, 2.45) is 5.10 Å². The Morgan fingerprint density at radius 2 is 1.76 bits per heavy atom. The fourth-order valence-corrected chi connectivity index (χ4v) is 3.88. The summed E-state index contributed by atoms with van der Waals surface area (Å²) < 4.78 is 10.7. The van der Waals surface area contributed by atoms with Gasteiger partial charge in [0.05, 0.1) is 37.0 Å². The van der Waals surface area contributed by atoms with Crippen LogP contribution in [0.5, 0.6) is 11.5 Å². The molecule has 0 bridgehead atoms. The van der Waals surface area contributed by atoms with Crippen molar-refractivity contribution in [3.8, 4) is 11.5 Å². The van der Waals surface area contributed by atoms with E-state index in [4.69, 9.17) is 14.6 Å². The second-order valence-corrected chi connectivity index (χ2v) is 7.63. The first-order valence-electron chi connectivity index (χ1n) is 10.5. The number of rotatable bonds is 8. The van der Waals surface area contributed by atoms with E-state index in [1.165, 1.54) is 5.01 Å². The minimum atomic E-state index is -0.927. The predicted molar refractivity (Wildman–Crippen MR) is 121 cm³/mol. The number of ether oxygens (including phenoxy) is 2. The van der Waals surface area contributed by atoms with Crippen molar-refractivity contribution >= 4 is 28.6 Å². The van der Waals surface area contributed by atoms with Crippen LogP contribution in [0.3, 0.4) is 0 Å². The second-order valence-electron chi connectivity index (χ2n) is 7.63. The van der Waals surface area contributed by atoms with Crippen molar-refractivity contribution < 1.29 is 24.2 Å². The maximum absolute atomic E-state index is 13.0. The van der Waals surface area contributed by atoms with Crippen molar-refractivity contribution in [2.45, 2.75) is 31.7 Å². The molecule has 0 saturated heterocycles. The number of carboxylic acids is 1. The van der Waals surface area contributed by atoms with Gasteiger partial charge in [-0.1, -0.05) is 6.07 Å². The summed E-state index contributed by atoms with van der Waals surface area (Å²) in [6.45, 7) is 0. The third kappa shape index (κ3) is 4.77. The highest BCUT2D eigenvalue weighted by Crippen LogP contribution is 2.36. The van der Waals surface area contributed by atoms with Gasteiger partial charge in [-0.2, -0.15) is 5.10 Å². The number of benzene rings is 2. The highest BCUT2D eigenvalue weighted by molar-refractivity contribution is 6.03. The summed E-state index contributed by atoms with van der Waals surface area (Å²) in [5.74, 6) is 0.0203. The molecule has 9 nitrogen and oxygen atoms in total. The van der Waals surface area contributed by atoms with Crippen molar-refractivity contribution in [1.29, 1.82) is 0 Å². The highest BCUT2D eigenvalue weighted by atomic mass is 16.5. The SMILES string of the molecule is COc1ccc(C2=NN(C(=O)CCCC(=O)O)[C@@H](c3ccc4nccnc4c3)C2)cc1OC. The molecule has 0 fully saturated rings. The van der Waals surface area contributed by atoms with Gasteiger partial charge >= 0.3 is 5.97 Å². The number of methoxy groups -OCH3 is 2. The summed E-state index contributed by atoms with van der Waals surface area (Å²) in [7, 11) is 3.13. The maximum atomic E-state index is 13.0. The zero-order valence-electron chi connectivity index (χ0n) is 18.4. The Morgan fingerprint density at radius 3 is 2.48 bits per heavy atom. The largest absolute Gasteiger partial charge is 0.493 e. The molecule has 1 aliphatic rings. The van der Waals surface area contributed by atoms with E-state index >= 15 is 0 Å². The van der Waals surface area contributed by atoms with Gasteiger partial charge in [-0.15, -0.1) is 0 Å². The summed E-state index contributed by atoms with van der Waals surface area (Å²) in [6, 6.07) is 10.9. The van der Waals surface area contributed by atoms with E-state index in [0.717, 1.165) is 27.9 Å². The van der Waals surface area contributed by atoms with Gasteiger partial charge < -0.3 is 14.6 Å². The standard InChI is InChI=1S/C24H24N4O5/c1-32-21-9-7-15(13-22(21)33-2)18-14-20(28(27-18)23(29)4-3-5-24(30)31)16-6-8-17-19(12-16)26-11-10-25-17/h6-13,20H,3-5,14H2,1-2H3,(H,30,31)/t20-/m1/s1. The van der Waals surface area contributed by atoms with Crippen molar-refractivity contribution in [2.75, 3.05) is 14.2 Å². The number of carbonyl (C=O) groups excluding carboxylic acids is 1. The second kappa shape index (κ2) is 9.64. The Kier molecular flexibility index (Phi) is 6.48. The number of aromatic nitrogens is 2. The topological polar surface area (TPSA) is 114 Å². The summed E-state index contributed by atoms with van der Waals surface area (Å²) >= 11 is 0. The van der Waals surface area contributed by atoms with Gasteiger partial charge in [0.2, 0.25) is 5.91 Å². The van der Waals surface area contributed by atoms with Gasteiger partial charge in [0.1, 0.15) is 0 Å². The lowest BCUT2D eigenvalue weighted by Gasteiger charge is -2.22. The maximum Gasteiger partial charge on any atom is 0.303 e. The molecule has 1 atom stereocenters. The predicted octanol–water partition coefficient (Wildman–Crippen LogP) is 3.58. The summed E-state index contributed by atoms with van der Waals surface area (Å²) in [5, 5.41) is 15.0. The molecule has 1 amide bonds. The Balaban J connectivity index is 1.67. The van der Waals surface area contributed by atoms with Crippen LogP contribution in [0.15, 0.2) is 53.9 Å². The quantitative estimate of drug-likeness (QED) is 0.560. The molecule has 2 heterocycles. The summed E-state index contributed by atoms with van der Waals surface area (Å²) in [4.78, 5) is 32.6. The van der Waals surface area contributed by atoms with Gasteiger partial charge in [0.25, 0.3) is 0 Å². The zero-order chi connectivity index (χ0) is 23.4. The highest BCUT2D eigenvalue weighted by Gasteiger charge is 2.33. The molecule has 1 aliphatic heterocycles. The number of hydrazone groups is 1. The lowest BCUT2D eigenvalue weighted by molar-refractivity contribution is -0.137. The number of aliphatic carboxylic acids is 1. The van der Waals surface area contributed by atoms with E-state index in [0.29, 0.717) is 17.9 Å². The molecular weight excluding hydrogens is 424 g/mol. The molecule has 2 aromatic carbocycles. The first-order valence-corrected chi connectivity index (χ1v) is 10.5. The Morgan fingerprint density at radius 1 is 1.00 bits per heavy atom. The molecule has 4 rings (SSSR count).